The molecule has 0 aromatic carbocycles. The summed E-state index contributed by atoms with van der Waals surface area (Å²) in [5.41, 5.74) is 1.17. The quantitative estimate of drug-likeness (QED) is 0.836. The number of carbonyl (C=O) groups is 1. The molecule has 0 aliphatic carbocycles. The monoisotopic (exact) mass is 331 g/mol. The Morgan fingerprint density at radius 2 is 2.38 bits per heavy atom. The third-order valence-electron chi connectivity index (χ3n) is 5.50. The summed E-state index contributed by atoms with van der Waals surface area (Å²) < 4.78 is 5.75. The van der Waals surface area contributed by atoms with Crippen molar-refractivity contribution in [3.63, 3.8) is 0 Å². The van der Waals surface area contributed by atoms with Gasteiger partial charge >= 0.3 is 0 Å². The average molecular weight is 331 g/mol. The number of fused-ring (bicyclic) bond motifs is 1. The van der Waals surface area contributed by atoms with Crippen molar-refractivity contribution in [2.45, 2.75) is 25.8 Å². The largest absolute Gasteiger partial charge is 0.380 e. The van der Waals surface area contributed by atoms with E-state index in [2.05, 4.69) is 16.0 Å². The zero-order valence-corrected chi connectivity index (χ0v) is 14.0. The van der Waals surface area contributed by atoms with E-state index in [0.29, 0.717) is 25.6 Å². The van der Waals surface area contributed by atoms with Gasteiger partial charge in [0.2, 0.25) is 5.91 Å². The van der Waals surface area contributed by atoms with Crippen LogP contribution in [0.25, 0.3) is 0 Å². The van der Waals surface area contributed by atoms with Gasteiger partial charge in [0.25, 0.3) is 0 Å². The second kappa shape index (κ2) is 6.78. The molecule has 1 amide bonds. The van der Waals surface area contributed by atoms with Crippen LogP contribution in [-0.2, 0) is 20.9 Å². The van der Waals surface area contributed by atoms with E-state index in [1.165, 1.54) is 5.56 Å². The molecule has 0 unspecified atom stereocenters. The lowest BCUT2D eigenvalue weighted by atomic mass is 9.78. The fourth-order valence-electron chi connectivity index (χ4n) is 4.25. The minimum absolute atomic E-state index is 0.0555. The first-order valence-corrected chi connectivity index (χ1v) is 8.87. The molecule has 3 aliphatic rings. The molecule has 3 saturated heterocycles. The molecule has 4 heterocycles. The number of hydrogen-bond acceptors (Lipinski definition) is 5. The first kappa shape index (κ1) is 16.0. The summed E-state index contributed by atoms with van der Waals surface area (Å²) in [6, 6.07) is 4.08. The third-order valence-corrected chi connectivity index (χ3v) is 5.50. The van der Waals surface area contributed by atoms with Crippen LogP contribution in [0.2, 0.25) is 0 Å². The van der Waals surface area contributed by atoms with Crippen molar-refractivity contribution >= 4 is 5.91 Å². The van der Waals surface area contributed by atoms with Gasteiger partial charge in [0.15, 0.2) is 0 Å². The molecule has 0 spiro atoms. The average Bonchev–Trinajstić information content (AvgIpc) is 3.12. The Hall–Kier alpha value is -1.50. The number of aromatic nitrogens is 1. The Balaban J connectivity index is 1.41. The zero-order valence-electron chi connectivity index (χ0n) is 14.0. The lowest BCUT2D eigenvalue weighted by Crippen LogP contribution is -2.41. The number of amides is 1. The summed E-state index contributed by atoms with van der Waals surface area (Å²) in [7, 11) is 0. The summed E-state index contributed by atoms with van der Waals surface area (Å²) in [4.78, 5) is 24.8. The highest BCUT2D eigenvalue weighted by atomic mass is 16.7. The number of pyridine rings is 1. The summed E-state index contributed by atoms with van der Waals surface area (Å²) in [5.74, 6) is 0.552. The highest BCUT2D eigenvalue weighted by molar-refractivity contribution is 5.76. The van der Waals surface area contributed by atoms with E-state index in [1.54, 1.807) is 11.3 Å². The normalized spacial score (nSPS) is 30.5. The van der Waals surface area contributed by atoms with Crippen molar-refractivity contribution in [2.24, 2.45) is 11.3 Å². The molecule has 6 heteroatoms. The van der Waals surface area contributed by atoms with Gasteiger partial charge in [-0.25, -0.2) is 5.06 Å². The van der Waals surface area contributed by atoms with Crippen molar-refractivity contribution in [3.8, 4) is 0 Å². The smallest absolute Gasteiger partial charge is 0.246 e. The first-order chi connectivity index (χ1) is 11.8. The van der Waals surface area contributed by atoms with Crippen molar-refractivity contribution in [1.29, 1.82) is 0 Å². The number of rotatable bonds is 4. The summed E-state index contributed by atoms with van der Waals surface area (Å²) in [6.07, 6.45) is 6.32. The van der Waals surface area contributed by atoms with Crippen molar-refractivity contribution < 1.29 is 14.4 Å². The van der Waals surface area contributed by atoms with Crippen molar-refractivity contribution in [3.05, 3.63) is 30.1 Å². The Kier molecular flexibility index (Phi) is 4.52. The number of hydroxylamine groups is 2. The highest BCUT2D eigenvalue weighted by Gasteiger charge is 2.52. The second-order valence-corrected chi connectivity index (χ2v) is 7.32. The van der Waals surface area contributed by atoms with Crippen LogP contribution in [-0.4, -0.2) is 60.3 Å². The van der Waals surface area contributed by atoms with E-state index in [0.717, 1.165) is 45.6 Å². The van der Waals surface area contributed by atoms with Crippen LogP contribution in [0.1, 0.15) is 24.8 Å². The summed E-state index contributed by atoms with van der Waals surface area (Å²) in [6.45, 7) is 5.61. The zero-order chi connectivity index (χ0) is 16.4. The minimum atomic E-state index is -0.0555. The van der Waals surface area contributed by atoms with Crippen LogP contribution in [0.15, 0.2) is 24.5 Å². The fraction of sp³-hybridized carbons (Fsp3) is 0.667. The SMILES string of the molecule is O=C(C[C@@]12COC[C@@H]1CN(Cc1cccnc1)C2)N1CCCCO1. The molecular weight excluding hydrogens is 306 g/mol. The molecule has 2 atom stereocenters. The standard InChI is InChI=1S/C18H25N3O3/c22-17(21-6-1-2-7-24-21)8-18-13-20(11-16(18)12-23-14-18)10-15-4-3-5-19-9-15/h3-5,9,16H,1-2,6-8,10-14H2/t16-,18+/m0/s1. The van der Waals surface area contributed by atoms with Crippen molar-refractivity contribution in [1.82, 2.24) is 14.9 Å². The molecule has 1 aromatic rings. The third kappa shape index (κ3) is 3.18. The molecule has 130 valence electrons. The van der Waals surface area contributed by atoms with Crippen LogP contribution >= 0.6 is 0 Å². The minimum Gasteiger partial charge on any atom is -0.380 e. The molecular formula is C18H25N3O3. The van der Waals surface area contributed by atoms with Crippen LogP contribution in [0.4, 0.5) is 0 Å². The van der Waals surface area contributed by atoms with Gasteiger partial charge in [-0.3, -0.25) is 19.5 Å². The number of likely N-dealkylation sites (tertiary alicyclic amines) is 1. The van der Waals surface area contributed by atoms with E-state index in [-0.39, 0.29) is 11.3 Å². The number of nitrogens with zero attached hydrogens (tertiary/aromatic N) is 3. The molecule has 3 aliphatic heterocycles. The molecule has 0 N–H and O–H groups in total. The Bertz CT molecular complexity index is 576. The van der Waals surface area contributed by atoms with Crippen LogP contribution in [0.3, 0.4) is 0 Å². The highest BCUT2D eigenvalue weighted by Crippen LogP contribution is 2.44. The van der Waals surface area contributed by atoms with Crippen LogP contribution in [0.5, 0.6) is 0 Å². The first-order valence-electron chi connectivity index (χ1n) is 8.87. The summed E-state index contributed by atoms with van der Waals surface area (Å²) >= 11 is 0. The molecule has 4 rings (SSSR count). The fourth-order valence-corrected chi connectivity index (χ4v) is 4.25. The maximum absolute atomic E-state index is 12.7. The molecule has 3 fully saturated rings. The Labute approximate surface area is 142 Å². The number of hydrogen-bond donors (Lipinski definition) is 0. The van der Waals surface area contributed by atoms with Gasteiger partial charge in [0.05, 0.1) is 19.8 Å². The molecule has 0 saturated carbocycles. The lowest BCUT2D eigenvalue weighted by Gasteiger charge is -2.31. The van der Waals surface area contributed by atoms with Gasteiger partial charge < -0.3 is 4.74 Å². The second-order valence-electron chi connectivity index (χ2n) is 7.32. The molecule has 6 nitrogen and oxygen atoms in total. The van der Waals surface area contributed by atoms with Crippen molar-refractivity contribution in [2.75, 3.05) is 39.5 Å². The van der Waals surface area contributed by atoms with E-state index in [9.17, 15) is 4.79 Å². The predicted octanol–water partition coefficient (Wildman–Crippen LogP) is 1.47. The van der Waals surface area contributed by atoms with E-state index in [1.807, 2.05) is 12.3 Å². The van der Waals surface area contributed by atoms with Gasteiger partial charge in [0.1, 0.15) is 0 Å². The van der Waals surface area contributed by atoms with Crippen LogP contribution < -0.4 is 0 Å². The summed E-state index contributed by atoms with van der Waals surface area (Å²) in [5, 5.41) is 1.58. The molecule has 1 aromatic heterocycles. The predicted molar refractivity (Wildman–Crippen MR) is 87.8 cm³/mol. The number of carbonyl (C=O) groups excluding carboxylic acids is 1. The van der Waals surface area contributed by atoms with Gasteiger partial charge in [-0.2, -0.15) is 0 Å². The van der Waals surface area contributed by atoms with E-state index < -0.39 is 0 Å². The number of ether oxygens (including phenoxy) is 1. The van der Waals surface area contributed by atoms with Gasteiger partial charge in [-0.05, 0) is 24.5 Å². The van der Waals surface area contributed by atoms with E-state index in [4.69, 9.17) is 9.57 Å². The molecule has 0 radical (unpaired) electrons. The molecule has 0 bridgehead atoms. The Morgan fingerprint density at radius 1 is 1.42 bits per heavy atom. The maximum Gasteiger partial charge on any atom is 0.246 e. The van der Waals surface area contributed by atoms with Gasteiger partial charge in [-0.15, -0.1) is 0 Å². The lowest BCUT2D eigenvalue weighted by molar-refractivity contribution is -0.199. The maximum atomic E-state index is 12.7. The van der Waals surface area contributed by atoms with Gasteiger partial charge in [0, 0.05) is 56.3 Å². The molecule has 24 heavy (non-hydrogen) atoms. The van der Waals surface area contributed by atoms with Crippen LogP contribution in [0, 0.1) is 11.3 Å². The van der Waals surface area contributed by atoms with E-state index >= 15 is 0 Å². The van der Waals surface area contributed by atoms with Gasteiger partial charge in [-0.1, -0.05) is 6.07 Å². The Morgan fingerprint density at radius 3 is 3.17 bits per heavy atom. The topological polar surface area (TPSA) is 54.9 Å².